The van der Waals surface area contributed by atoms with Crippen LogP contribution in [0.4, 0.5) is 4.79 Å². The molecule has 0 aromatic heterocycles. The number of hydrogen-bond acceptors (Lipinski definition) is 5. The van der Waals surface area contributed by atoms with Crippen molar-refractivity contribution in [3.63, 3.8) is 0 Å². The highest BCUT2D eigenvalue weighted by Crippen LogP contribution is 2.34. The Morgan fingerprint density at radius 1 is 1.46 bits per heavy atom. The van der Waals surface area contributed by atoms with Gasteiger partial charge in [0.25, 0.3) is 11.1 Å². The van der Waals surface area contributed by atoms with Crippen LogP contribution in [0.5, 0.6) is 5.75 Å². The fraction of sp³-hybridized carbons (Fsp3) is 0.312. The maximum absolute atomic E-state index is 12.1. The maximum Gasteiger partial charge on any atom is 0.323 e. The van der Waals surface area contributed by atoms with Gasteiger partial charge in [-0.05, 0) is 64.8 Å². The third-order valence-electron chi connectivity index (χ3n) is 3.32. The molecule has 2 amide bonds. The van der Waals surface area contributed by atoms with E-state index in [2.05, 4.69) is 15.9 Å². The van der Waals surface area contributed by atoms with Gasteiger partial charge >= 0.3 is 5.97 Å². The maximum atomic E-state index is 12.1. The summed E-state index contributed by atoms with van der Waals surface area (Å²) in [6.07, 6.45) is 2.52. The van der Waals surface area contributed by atoms with Crippen molar-refractivity contribution < 1.29 is 24.2 Å². The van der Waals surface area contributed by atoms with E-state index in [1.807, 2.05) is 13.8 Å². The summed E-state index contributed by atoms with van der Waals surface area (Å²) in [6.45, 7) is 3.37. The lowest BCUT2D eigenvalue weighted by Crippen LogP contribution is -2.33. The van der Waals surface area contributed by atoms with Gasteiger partial charge in [0.1, 0.15) is 12.3 Å². The second-order valence-electron chi connectivity index (χ2n) is 5.19. The summed E-state index contributed by atoms with van der Waals surface area (Å²) in [6, 6.07) is 5.33. The number of nitrogens with zero attached hydrogens (tertiary/aromatic N) is 1. The number of benzene rings is 1. The van der Waals surface area contributed by atoms with E-state index in [9.17, 15) is 14.4 Å². The number of ether oxygens (including phenoxy) is 1. The zero-order chi connectivity index (χ0) is 17.9. The largest absolute Gasteiger partial charge is 0.490 e. The van der Waals surface area contributed by atoms with E-state index in [1.165, 1.54) is 0 Å². The van der Waals surface area contributed by atoms with E-state index in [4.69, 9.17) is 9.84 Å². The molecule has 0 saturated carbocycles. The van der Waals surface area contributed by atoms with Crippen molar-refractivity contribution in [1.82, 2.24) is 4.90 Å². The van der Waals surface area contributed by atoms with E-state index >= 15 is 0 Å². The average molecular weight is 414 g/mol. The molecule has 2 rings (SSSR count). The highest BCUT2D eigenvalue weighted by molar-refractivity contribution is 9.10. The minimum absolute atomic E-state index is 0.0830. The minimum atomic E-state index is -1.23. The van der Waals surface area contributed by atoms with Crippen LogP contribution in [0.25, 0.3) is 6.08 Å². The van der Waals surface area contributed by atoms with Gasteiger partial charge in [-0.2, -0.15) is 0 Å². The number of thioether (sulfide) groups is 1. The molecule has 1 aromatic carbocycles. The highest BCUT2D eigenvalue weighted by atomic mass is 79.9. The van der Waals surface area contributed by atoms with Crippen molar-refractivity contribution in [3.8, 4) is 5.75 Å². The van der Waals surface area contributed by atoms with Gasteiger partial charge in [-0.3, -0.25) is 19.3 Å². The summed E-state index contributed by atoms with van der Waals surface area (Å²) in [7, 11) is 0. The van der Waals surface area contributed by atoms with Crippen LogP contribution in [0.2, 0.25) is 0 Å². The van der Waals surface area contributed by atoms with Crippen molar-refractivity contribution >= 4 is 50.9 Å². The SMILES string of the molecule is CC[C@H](C)Oc1ccc(/C=C2/SC(=O)N(CC(=O)O)C2=O)cc1Br. The lowest BCUT2D eigenvalue weighted by atomic mass is 10.2. The van der Waals surface area contributed by atoms with Crippen molar-refractivity contribution in [2.45, 2.75) is 26.4 Å². The molecule has 1 saturated heterocycles. The zero-order valence-corrected chi connectivity index (χ0v) is 15.5. The first kappa shape index (κ1) is 18.5. The first-order valence-electron chi connectivity index (χ1n) is 7.25. The van der Waals surface area contributed by atoms with Gasteiger partial charge in [0.05, 0.1) is 15.5 Å². The van der Waals surface area contributed by atoms with Crippen LogP contribution in [0.15, 0.2) is 27.6 Å². The summed E-state index contributed by atoms with van der Waals surface area (Å²) >= 11 is 4.16. The first-order chi connectivity index (χ1) is 11.3. The van der Waals surface area contributed by atoms with Crippen molar-refractivity contribution in [1.29, 1.82) is 0 Å². The van der Waals surface area contributed by atoms with Crippen LogP contribution in [-0.4, -0.2) is 39.8 Å². The topological polar surface area (TPSA) is 83.9 Å². The second-order valence-corrected chi connectivity index (χ2v) is 7.04. The number of rotatable bonds is 6. The van der Waals surface area contributed by atoms with Crippen LogP contribution in [0, 0.1) is 0 Å². The van der Waals surface area contributed by atoms with Crippen molar-refractivity contribution in [2.24, 2.45) is 0 Å². The Balaban J connectivity index is 2.19. The van der Waals surface area contributed by atoms with E-state index in [1.54, 1.807) is 24.3 Å². The fourth-order valence-electron chi connectivity index (χ4n) is 1.93. The molecule has 1 fully saturated rings. The van der Waals surface area contributed by atoms with E-state index in [-0.39, 0.29) is 11.0 Å². The number of carboxylic acids is 1. The summed E-state index contributed by atoms with van der Waals surface area (Å²) in [5.74, 6) is -1.13. The van der Waals surface area contributed by atoms with Gasteiger partial charge in [0.2, 0.25) is 0 Å². The Labute approximate surface area is 152 Å². The van der Waals surface area contributed by atoms with Crippen molar-refractivity contribution in [3.05, 3.63) is 33.1 Å². The molecular weight excluding hydrogens is 398 g/mol. The molecule has 6 nitrogen and oxygen atoms in total. The highest BCUT2D eigenvalue weighted by Gasteiger charge is 2.36. The number of carbonyl (C=O) groups excluding carboxylic acids is 2. The molecule has 24 heavy (non-hydrogen) atoms. The monoisotopic (exact) mass is 413 g/mol. The minimum Gasteiger partial charge on any atom is -0.490 e. The van der Waals surface area contributed by atoms with Gasteiger partial charge < -0.3 is 9.84 Å². The van der Waals surface area contributed by atoms with E-state index < -0.39 is 23.7 Å². The summed E-state index contributed by atoms with van der Waals surface area (Å²) < 4.78 is 6.49. The molecule has 1 N–H and O–H groups in total. The number of aliphatic carboxylic acids is 1. The van der Waals surface area contributed by atoms with Gasteiger partial charge in [-0.1, -0.05) is 13.0 Å². The average Bonchev–Trinajstić information content (AvgIpc) is 2.77. The zero-order valence-electron chi connectivity index (χ0n) is 13.1. The van der Waals surface area contributed by atoms with E-state index in [0.29, 0.717) is 16.2 Å². The molecule has 128 valence electrons. The van der Waals surface area contributed by atoms with Gasteiger partial charge in [0, 0.05) is 0 Å². The standard InChI is InChI=1S/C16H16BrNO5S/c1-3-9(2)23-12-5-4-10(6-11(12)17)7-13-15(21)18(8-14(19)20)16(22)24-13/h4-7,9H,3,8H2,1-2H3,(H,19,20)/b13-7+/t9-/m0/s1. The number of carbonyl (C=O) groups is 3. The Bertz CT molecular complexity index is 718. The molecule has 8 heteroatoms. The van der Waals surface area contributed by atoms with Crippen LogP contribution in [0.1, 0.15) is 25.8 Å². The number of carboxylic acid groups (broad SMARTS) is 1. The Hall–Kier alpha value is -1.80. The number of halogens is 1. The third kappa shape index (κ3) is 4.39. The number of hydrogen-bond donors (Lipinski definition) is 1. The normalized spacial score (nSPS) is 17.5. The van der Waals surface area contributed by atoms with Crippen LogP contribution in [0.3, 0.4) is 0 Å². The molecule has 1 aliphatic rings. The molecular formula is C16H16BrNO5S. The summed E-state index contributed by atoms with van der Waals surface area (Å²) in [5.41, 5.74) is 0.708. The molecule has 0 aliphatic carbocycles. The lowest BCUT2D eigenvalue weighted by Gasteiger charge is -2.14. The molecule has 1 heterocycles. The molecule has 1 aliphatic heterocycles. The Morgan fingerprint density at radius 3 is 2.75 bits per heavy atom. The molecule has 0 bridgehead atoms. The van der Waals surface area contributed by atoms with Crippen LogP contribution in [-0.2, 0) is 9.59 Å². The van der Waals surface area contributed by atoms with Gasteiger partial charge in [-0.25, -0.2) is 0 Å². The van der Waals surface area contributed by atoms with Gasteiger partial charge in [0.15, 0.2) is 0 Å². The second kappa shape index (κ2) is 7.85. The van der Waals surface area contributed by atoms with E-state index in [0.717, 1.165) is 22.7 Å². The predicted molar refractivity (Wildman–Crippen MR) is 94.8 cm³/mol. The van der Waals surface area contributed by atoms with Crippen LogP contribution < -0.4 is 4.74 Å². The third-order valence-corrected chi connectivity index (χ3v) is 4.85. The Kier molecular flexibility index (Phi) is 6.06. The lowest BCUT2D eigenvalue weighted by molar-refractivity contribution is -0.140. The molecule has 1 atom stereocenters. The summed E-state index contributed by atoms with van der Waals surface area (Å²) in [5, 5.41) is 8.17. The molecule has 1 aromatic rings. The number of imide groups is 1. The predicted octanol–water partition coefficient (Wildman–Crippen LogP) is 3.75. The number of amides is 2. The fourth-order valence-corrected chi connectivity index (χ4v) is 3.25. The summed E-state index contributed by atoms with van der Waals surface area (Å²) in [4.78, 5) is 35.5. The van der Waals surface area contributed by atoms with Gasteiger partial charge in [-0.15, -0.1) is 0 Å². The quantitative estimate of drug-likeness (QED) is 0.714. The Morgan fingerprint density at radius 2 is 2.17 bits per heavy atom. The molecule has 0 spiro atoms. The molecule has 0 unspecified atom stereocenters. The first-order valence-corrected chi connectivity index (χ1v) is 8.86. The smallest absolute Gasteiger partial charge is 0.323 e. The van der Waals surface area contributed by atoms with Crippen molar-refractivity contribution in [2.75, 3.05) is 6.54 Å². The van der Waals surface area contributed by atoms with Crippen LogP contribution >= 0.6 is 27.7 Å². The molecule has 0 radical (unpaired) electrons.